The Hall–Kier alpha value is -2.34. The number of carbonyl (C=O) groups is 1. The first-order valence-electron chi connectivity index (χ1n) is 7.28. The number of anilines is 1. The summed E-state index contributed by atoms with van der Waals surface area (Å²) < 4.78 is 33.0. The molecule has 5 nitrogen and oxygen atoms in total. The molecule has 0 fully saturated rings. The van der Waals surface area contributed by atoms with Crippen molar-refractivity contribution in [2.24, 2.45) is 0 Å². The molecule has 0 aliphatic carbocycles. The lowest BCUT2D eigenvalue weighted by molar-refractivity contribution is 0.101. The number of carbonyl (C=O) groups excluding carboxylic acids is 1. The Morgan fingerprint density at radius 1 is 1.13 bits per heavy atom. The normalized spacial score (nSPS) is 17.3. The van der Waals surface area contributed by atoms with Gasteiger partial charge in [-0.3, -0.25) is 9.10 Å². The second kappa shape index (κ2) is 5.70. The fourth-order valence-corrected chi connectivity index (χ4v) is 4.27. The molecule has 0 N–H and O–H groups in total. The lowest BCUT2D eigenvalue weighted by Gasteiger charge is -2.35. The van der Waals surface area contributed by atoms with Crippen LogP contribution in [0.2, 0.25) is 0 Å². The monoisotopic (exact) mass is 331 g/mol. The SMILES string of the molecule is CC(=O)c1ccc(S(=O)(=O)N2c3ccccc3OCC2C)cc1. The minimum Gasteiger partial charge on any atom is -0.489 e. The number of hydrogen-bond donors (Lipinski definition) is 0. The zero-order valence-corrected chi connectivity index (χ0v) is 13.7. The molecule has 0 radical (unpaired) electrons. The van der Waals surface area contributed by atoms with E-state index in [4.69, 9.17) is 4.74 Å². The van der Waals surface area contributed by atoms with Crippen LogP contribution < -0.4 is 9.04 Å². The number of sulfonamides is 1. The van der Waals surface area contributed by atoms with E-state index in [-0.39, 0.29) is 16.7 Å². The van der Waals surface area contributed by atoms with Crippen LogP contribution >= 0.6 is 0 Å². The highest BCUT2D eigenvalue weighted by Gasteiger charge is 2.34. The first-order chi connectivity index (χ1) is 10.9. The van der Waals surface area contributed by atoms with Gasteiger partial charge in [-0.05, 0) is 38.1 Å². The number of benzene rings is 2. The molecule has 1 heterocycles. The summed E-state index contributed by atoms with van der Waals surface area (Å²) in [5, 5.41) is 0. The van der Waals surface area contributed by atoms with Gasteiger partial charge in [0.2, 0.25) is 0 Å². The second-order valence-electron chi connectivity index (χ2n) is 5.51. The lowest BCUT2D eigenvalue weighted by atomic mass is 10.2. The molecule has 2 aromatic carbocycles. The Kier molecular flexibility index (Phi) is 3.85. The fraction of sp³-hybridized carbons (Fsp3) is 0.235. The van der Waals surface area contributed by atoms with E-state index in [1.54, 1.807) is 31.2 Å². The molecule has 0 saturated carbocycles. The van der Waals surface area contributed by atoms with Crippen molar-refractivity contribution < 1.29 is 17.9 Å². The molecule has 0 spiro atoms. The first kappa shape index (κ1) is 15.6. The van der Waals surface area contributed by atoms with Gasteiger partial charge in [0.25, 0.3) is 10.0 Å². The molecule has 0 amide bonds. The van der Waals surface area contributed by atoms with E-state index in [0.717, 1.165) is 0 Å². The smallest absolute Gasteiger partial charge is 0.264 e. The average Bonchev–Trinajstić information content (AvgIpc) is 2.54. The second-order valence-corrected chi connectivity index (χ2v) is 7.32. The minimum atomic E-state index is -3.73. The maximum Gasteiger partial charge on any atom is 0.264 e. The molecule has 1 atom stereocenters. The third-order valence-electron chi connectivity index (χ3n) is 3.80. The van der Waals surface area contributed by atoms with E-state index >= 15 is 0 Å². The Labute approximate surface area is 135 Å². The molecule has 1 aliphatic heterocycles. The van der Waals surface area contributed by atoms with E-state index in [2.05, 4.69) is 0 Å². The van der Waals surface area contributed by atoms with Crippen molar-refractivity contribution in [3.8, 4) is 5.75 Å². The van der Waals surface area contributed by atoms with Gasteiger partial charge < -0.3 is 4.74 Å². The van der Waals surface area contributed by atoms with E-state index in [1.807, 2.05) is 0 Å². The molecule has 1 aliphatic rings. The van der Waals surface area contributed by atoms with Crippen molar-refractivity contribution in [1.82, 2.24) is 0 Å². The van der Waals surface area contributed by atoms with E-state index < -0.39 is 10.0 Å². The Balaban J connectivity index is 2.07. The summed E-state index contributed by atoms with van der Waals surface area (Å²) in [5.41, 5.74) is 1.02. The van der Waals surface area contributed by atoms with Crippen LogP contribution in [0.4, 0.5) is 5.69 Å². The van der Waals surface area contributed by atoms with Gasteiger partial charge in [0.1, 0.15) is 12.4 Å². The number of fused-ring (bicyclic) bond motifs is 1. The van der Waals surface area contributed by atoms with Crippen molar-refractivity contribution in [2.75, 3.05) is 10.9 Å². The molecular weight excluding hydrogens is 314 g/mol. The van der Waals surface area contributed by atoms with E-state index in [0.29, 0.717) is 23.6 Å². The summed E-state index contributed by atoms with van der Waals surface area (Å²) in [6, 6.07) is 12.8. The molecule has 0 saturated heterocycles. The van der Waals surface area contributed by atoms with Crippen molar-refractivity contribution in [3.63, 3.8) is 0 Å². The van der Waals surface area contributed by atoms with Gasteiger partial charge in [0, 0.05) is 5.56 Å². The molecular formula is C17H17NO4S. The van der Waals surface area contributed by atoms with Gasteiger partial charge in [0.05, 0.1) is 16.6 Å². The van der Waals surface area contributed by atoms with Crippen LogP contribution in [-0.4, -0.2) is 26.8 Å². The predicted molar refractivity (Wildman–Crippen MR) is 87.5 cm³/mol. The molecule has 6 heteroatoms. The summed E-state index contributed by atoms with van der Waals surface area (Å²) in [6.07, 6.45) is 0. The van der Waals surface area contributed by atoms with Gasteiger partial charge in [-0.25, -0.2) is 8.42 Å². The minimum absolute atomic E-state index is 0.0981. The molecule has 0 aromatic heterocycles. The zero-order chi connectivity index (χ0) is 16.6. The molecule has 2 aromatic rings. The first-order valence-corrected chi connectivity index (χ1v) is 8.72. The van der Waals surface area contributed by atoms with Crippen LogP contribution in [0.5, 0.6) is 5.75 Å². The molecule has 120 valence electrons. The largest absolute Gasteiger partial charge is 0.489 e. The standard InChI is InChI=1S/C17H17NO4S/c1-12-11-22-17-6-4-3-5-16(17)18(12)23(20,21)15-9-7-14(8-10-15)13(2)19/h3-10,12H,11H2,1-2H3. The molecule has 0 bridgehead atoms. The average molecular weight is 331 g/mol. The fourth-order valence-electron chi connectivity index (χ4n) is 2.62. The number of para-hydroxylation sites is 2. The number of hydrogen-bond acceptors (Lipinski definition) is 4. The Morgan fingerprint density at radius 3 is 2.43 bits per heavy atom. The van der Waals surface area contributed by atoms with E-state index in [9.17, 15) is 13.2 Å². The van der Waals surface area contributed by atoms with Crippen LogP contribution in [0.1, 0.15) is 24.2 Å². The Morgan fingerprint density at radius 2 is 1.78 bits per heavy atom. The maximum atomic E-state index is 13.0. The Bertz CT molecular complexity index is 843. The summed E-state index contributed by atoms with van der Waals surface area (Å²) >= 11 is 0. The van der Waals surface area contributed by atoms with Gasteiger partial charge in [-0.1, -0.05) is 24.3 Å². The van der Waals surface area contributed by atoms with Crippen molar-refractivity contribution in [1.29, 1.82) is 0 Å². The third kappa shape index (κ3) is 2.70. The summed E-state index contributed by atoms with van der Waals surface area (Å²) in [6.45, 7) is 3.54. The highest BCUT2D eigenvalue weighted by atomic mass is 32.2. The summed E-state index contributed by atoms with van der Waals surface area (Å²) in [5.74, 6) is 0.452. The van der Waals surface area contributed by atoms with Crippen LogP contribution in [0.25, 0.3) is 0 Å². The zero-order valence-electron chi connectivity index (χ0n) is 12.9. The highest BCUT2D eigenvalue weighted by molar-refractivity contribution is 7.92. The predicted octanol–water partition coefficient (Wildman–Crippen LogP) is 2.87. The van der Waals surface area contributed by atoms with Crippen molar-refractivity contribution in [3.05, 3.63) is 54.1 Å². The maximum absolute atomic E-state index is 13.0. The topological polar surface area (TPSA) is 63.7 Å². The quantitative estimate of drug-likeness (QED) is 0.811. The third-order valence-corrected chi connectivity index (χ3v) is 5.74. The molecule has 23 heavy (non-hydrogen) atoms. The van der Waals surface area contributed by atoms with Crippen LogP contribution in [0.15, 0.2) is 53.4 Å². The molecule has 1 unspecified atom stereocenters. The highest BCUT2D eigenvalue weighted by Crippen LogP contribution is 2.37. The van der Waals surface area contributed by atoms with Gasteiger partial charge in [0.15, 0.2) is 5.78 Å². The van der Waals surface area contributed by atoms with Crippen molar-refractivity contribution in [2.45, 2.75) is 24.8 Å². The van der Waals surface area contributed by atoms with Gasteiger partial charge >= 0.3 is 0 Å². The van der Waals surface area contributed by atoms with Gasteiger partial charge in [-0.15, -0.1) is 0 Å². The number of nitrogens with zero attached hydrogens (tertiary/aromatic N) is 1. The number of Topliss-reactive ketones (excluding diaryl/α,β-unsaturated/α-hetero) is 1. The van der Waals surface area contributed by atoms with E-state index in [1.165, 1.54) is 35.5 Å². The van der Waals surface area contributed by atoms with Crippen LogP contribution in [0, 0.1) is 0 Å². The molecule has 3 rings (SSSR count). The van der Waals surface area contributed by atoms with Crippen LogP contribution in [0.3, 0.4) is 0 Å². The van der Waals surface area contributed by atoms with Crippen LogP contribution in [-0.2, 0) is 10.0 Å². The summed E-state index contributed by atoms with van der Waals surface area (Å²) in [4.78, 5) is 11.5. The number of ether oxygens (including phenoxy) is 1. The number of ketones is 1. The van der Waals surface area contributed by atoms with Crippen molar-refractivity contribution >= 4 is 21.5 Å². The number of rotatable bonds is 3. The lowest BCUT2D eigenvalue weighted by Crippen LogP contribution is -2.44. The summed E-state index contributed by atoms with van der Waals surface area (Å²) in [7, 11) is -3.73. The van der Waals surface area contributed by atoms with Gasteiger partial charge in [-0.2, -0.15) is 0 Å².